The van der Waals surface area contributed by atoms with Crippen LogP contribution in [0.3, 0.4) is 0 Å². The molecule has 2 atom stereocenters. The molecule has 2 unspecified atom stereocenters. The molecule has 1 aromatic rings. The van der Waals surface area contributed by atoms with Crippen molar-refractivity contribution in [1.29, 1.82) is 0 Å². The van der Waals surface area contributed by atoms with Crippen LogP contribution in [0, 0.1) is 0 Å². The molecule has 0 saturated carbocycles. The third kappa shape index (κ3) is 16.9. The largest absolute Gasteiger partial charge is 0.332 e. The van der Waals surface area contributed by atoms with Crippen molar-refractivity contribution in [3.63, 3.8) is 0 Å². The molecule has 0 fully saturated rings. The van der Waals surface area contributed by atoms with Gasteiger partial charge in [0.25, 0.3) is 0 Å². The van der Waals surface area contributed by atoms with Crippen molar-refractivity contribution in [3.8, 4) is 0 Å². The van der Waals surface area contributed by atoms with Gasteiger partial charge >= 0.3 is 0 Å². The standard InChI is InChI=1S/C34H66N2/c1-5-8-11-14-16-18-20-23-26-29-33(28-25-22-19-17-15-12-9-6-2)34-35-30-31-36(34)32(4)27-24-21-13-10-7-3/h30-33H,5-29H2,1-4H3. The van der Waals surface area contributed by atoms with E-state index in [1.54, 1.807) is 0 Å². The van der Waals surface area contributed by atoms with Crippen molar-refractivity contribution >= 4 is 0 Å². The average molecular weight is 503 g/mol. The number of imidazole rings is 1. The highest BCUT2D eigenvalue weighted by atomic mass is 15.1. The fourth-order valence-corrected chi connectivity index (χ4v) is 5.82. The molecular formula is C34H66N2. The summed E-state index contributed by atoms with van der Waals surface area (Å²) in [5, 5.41) is 0. The van der Waals surface area contributed by atoms with Crippen LogP contribution in [-0.2, 0) is 0 Å². The summed E-state index contributed by atoms with van der Waals surface area (Å²) in [5.41, 5.74) is 0. The summed E-state index contributed by atoms with van der Waals surface area (Å²) in [7, 11) is 0. The number of hydrogen-bond acceptors (Lipinski definition) is 1. The van der Waals surface area contributed by atoms with Crippen LogP contribution in [0.5, 0.6) is 0 Å². The Morgan fingerprint density at radius 3 is 1.31 bits per heavy atom. The lowest BCUT2D eigenvalue weighted by Gasteiger charge is -2.22. The number of unbranched alkanes of at least 4 members (excludes halogenated alkanes) is 19. The zero-order valence-electron chi connectivity index (χ0n) is 25.4. The number of rotatable bonds is 27. The first-order chi connectivity index (χ1) is 17.7. The molecule has 1 rings (SSSR count). The van der Waals surface area contributed by atoms with Crippen LogP contribution in [0.2, 0.25) is 0 Å². The molecule has 0 aliphatic heterocycles. The molecule has 0 radical (unpaired) electrons. The maximum Gasteiger partial charge on any atom is 0.111 e. The van der Waals surface area contributed by atoms with Crippen molar-refractivity contribution in [2.24, 2.45) is 0 Å². The maximum atomic E-state index is 4.96. The molecular weight excluding hydrogens is 436 g/mol. The van der Waals surface area contributed by atoms with Gasteiger partial charge in [-0.1, -0.05) is 162 Å². The molecule has 2 heteroatoms. The Morgan fingerprint density at radius 1 is 0.528 bits per heavy atom. The Balaban J connectivity index is 2.49. The summed E-state index contributed by atoms with van der Waals surface area (Å²) in [5.74, 6) is 2.06. The van der Waals surface area contributed by atoms with Crippen molar-refractivity contribution in [2.75, 3.05) is 0 Å². The van der Waals surface area contributed by atoms with Gasteiger partial charge in [0.1, 0.15) is 5.82 Å². The van der Waals surface area contributed by atoms with Crippen LogP contribution < -0.4 is 0 Å². The van der Waals surface area contributed by atoms with E-state index in [1.807, 2.05) is 0 Å². The summed E-state index contributed by atoms with van der Waals surface area (Å²) >= 11 is 0. The van der Waals surface area contributed by atoms with E-state index in [1.165, 1.54) is 166 Å². The van der Waals surface area contributed by atoms with Crippen molar-refractivity contribution in [1.82, 2.24) is 9.55 Å². The molecule has 0 aliphatic carbocycles. The highest BCUT2D eigenvalue weighted by Crippen LogP contribution is 2.30. The van der Waals surface area contributed by atoms with Gasteiger partial charge in [0.15, 0.2) is 0 Å². The summed E-state index contributed by atoms with van der Waals surface area (Å²) < 4.78 is 2.56. The normalized spacial score (nSPS) is 13.3. The van der Waals surface area contributed by atoms with Gasteiger partial charge in [-0.25, -0.2) is 4.98 Å². The lowest BCUT2D eigenvalue weighted by atomic mass is 9.92. The Labute approximate surface area is 227 Å². The molecule has 36 heavy (non-hydrogen) atoms. The summed E-state index contributed by atoms with van der Waals surface area (Å²) in [4.78, 5) is 4.96. The first-order valence-electron chi connectivity index (χ1n) is 16.8. The summed E-state index contributed by atoms with van der Waals surface area (Å²) in [6.07, 6.45) is 39.3. The average Bonchev–Trinajstić information content (AvgIpc) is 3.38. The monoisotopic (exact) mass is 503 g/mol. The summed E-state index contributed by atoms with van der Waals surface area (Å²) in [6.45, 7) is 9.35. The van der Waals surface area contributed by atoms with Crippen LogP contribution in [0.4, 0.5) is 0 Å². The lowest BCUT2D eigenvalue weighted by Crippen LogP contribution is -2.13. The first kappa shape index (κ1) is 33.2. The Morgan fingerprint density at radius 2 is 0.889 bits per heavy atom. The van der Waals surface area contributed by atoms with Crippen LogP contribution in [0.1, 0.15) is 206 Å². The minimum atomic E-state index is 0.591. The van der Waals surface area contributed by atoms with Gasteiger partial charge < -0.3 is 4.57 Å². The zero-order chi connectivity index (χ0) is 26.1. The quantitative estimate of drug-likeness (QED) is 0.109. The minimum Gasteiger partial charge on any atom is -0.332 e. The fraction of sp³-hybridized carbons (Fsp3) is 0.912. The second-order valence-corrected chi connectivity index (χ2v) is 11.8. The van der Waals surface area contributed by atoms with Gasteiger partial charge in [-0.3, -0.25) is 0 Å². The SMILES string of the molecule is CCCCCCCCCCCC(CCCCCCCCCC)c1nccn1C(C)CCCCCCC. The van der Waals surface area contributed by atoms with E-state index in [9.17, 15) is 0 Å². The van der Waals surface area contributed by atoms with Crippen LogP contribution in [0.15, 0.2) is 12.4 Å². The van der Waals surface area contributed by atoms with Crippen LogP contribution in [-0.4, -0.2) is 9.55 Å². The Hall–Kier alpha value is -0.790. The molecule has 0 saturated heterocycles. The van der Waals surface area contributed by atoms with Crippen LogP contribution in [0.25, 0.3) is 0 Å². The highest BCUT2D eigenvalue weighted by Gasteiger charge is 2.19. The molecule has 212 valence electrons. The second-order valence-electron chi connectivity index (χ2n) is 11.8. The first-order valence-corrected chi connectivity index (χ1v) is 16.8. The van der Waals surface area contributed by atoms with Gasteiger partial charge in [-0.2, -0.15) is 0 Å². The Kier molecular flexibility index (Phi) is 22.7. The third-order valence-electron chi connectivity index (χ3n) is 8.33. The third-order valence-corrected chi connectivity index (χ3v) is 8.33. The lowest BCUT2D eigenvalue weighted by molar-refractivity contribution is 0.413. The van der Waals surface area contributed by atoms with E-state index in [0.29, 0.717) is 12.0 Å². The number of nitrogens with zero attached hydrogens (tertiary/aromatic N) is 2. The molecule has 0 amide bonds. The zero-order valence-corrected chi connectivity index (χ0v) is 25.4. The van der Waals surface area contributed by atoms with Gasteiger partial charge in [0.2, 0.25) is 0 Å². The molecule has 1 heterocycles. The number of aromatic nitrogens is 2. The topological polar surface area (TPSA) is 17.8 Å². The van der Waals surface area contributed by atoms with Crippen molar-refractivity contribution < 1.29 is 0 Å². The summed E-state index contributed by atoms with van der Waals surface area (Å²) in [6, 6.07) is 0.591. The predicted octanol–water partition coefficient (Wildman–Crippen LogP) is 12.3. The molecule has 0 N–H and O–H groups in total. The molecule has 2 nitrogen and oxygen atoms in total. The fourth-order valence-electron chi connectivity index (χ4n) is 5.82. The van der Waals surface area contributed by atoms with Crippen molar-refractivity contribution in [3.05, 3.63) is 18.2 Å². The van der Waals surface area contributed by atoms with Crippen LogP contribution >= 0.6 is 0 Å². The minimum absolute atomic E-state index is 0.591. The van der Waals surface area contributed by atoms with E-state index in [4.69, 9.17) is 4.98 Å². The molecule has 1 aromatic heterocycles. The highest BCUT2D eigenvalue weighted by molar-refractivity contribution is 5.02. The smallest absolute Gasteiger partial charge is 0.111 e. The van der Waals surface area contributed by atoms with E-state index in [0.717, 1.165) is 0 Å². The van der Waals surface area contributed by atoms with Gasteiger partial charge in [-0.15, -0.1) is 0 Å². The number of hydrogen-bond donors (Lipinski definition) is 0. The molecule has 0 aliphatic rings. The predicted molar refractivity (Wildman–Crippen MR) is 162 cm³/mol. The van der Waals surface area contributed by atoms with Crippen molar-refractivity contribution in [2.45, 2.75) is 200 Å². The second kappa shape index (κ2) is 24.5. The Bertz CT molecular complexity index is 563. The van der Waals surface area contributed by atoms with E-state index >= 15 is 0 Å². The van der Waals surface area contributed by atoms with E-state index < -0.39 is 0 Å². The van der Waals surface area contributed by atoms with Gasteiger partial charge in [-0.05, 0) is 26.2 Å². The molecule has 0 bridgehead atoms. The maximum absolute atomic E-state index is 4.96. The molecule has 0 aromatic carbocycles. The van der Waals surface area contributed by atoms with E-state index in [-0.39, 0.29) is 0 Å². The van der Waals surface area contributed by atoms with Gasteiger partial charge in [0.05, 0.1) is 0 Å². The van der Waals surface area contributed by atoms with Gasteiger partial charge in [0, 0.05) is 24.4 Å². The van der Waals surface area contributed by atoms with E-state index in [2.05, 4.69) is 44.7 Å². The molecule has 0 spiro atoms.